The number of likely N-dealkylation sites (N-methyl/N-ethyl adjacent to an activating group) is 1. The molecule has 1 aliphatic heterocycles. The van der Waals surface area contributed by atoms with Gasteiger partial charge in [0, 0.05) is 29.2 Å². The highest BCUT2D eigenvalue weighted by molar-refractivity contribution is 6.02. The minimum Gasteiger partial charge on any atom is -0.489 e. The van der Waals surface area contributed by atoms with Crippen molar-refractivity contribution in [3.63, 3.8) is 0 Å². The SMILES string of the molecule is CCN(CC(=O)Nc1ccc2c(c1)OCCO2)C(=O)c1oc2ccccc2c1COc1ccccc1. The number of benzene rings is 3. The summed E-state index contributed by atoms with van der Waals surface area (Å²) in [5.41, 5.74) is 1.79. The van der Waals surface area contributed by atoms with Gasteiger partial charge in [0.15, 0.2) is 17.3 Å². The van der Waals surface area contributed by atoms with Crippen molar-refractivity contribution in [2.24, 2.45) is 0 Å². The van der Waals surface area contributed by atoms with Gasteiger partial charge in [-0.3, -0.25) is 9.59 Å². The van der Waals surface area contributed by atoms with Gasteiger partial charge in [-0.05, 0) is 37.3 Å². The molecule has 2 amide bonds. The maximum atomic E-state index is 13.5. The van der Waals surface area contributed by atoms with Crippen molar-refractivity contribution in [1.29, 1.82) is 0 Å². The highest BCUT2D eigenvalue weighted by atomic mass is 16.6. The summed E-state index contributed by atoms with van der Waals surface area (Å²) in [5.74, 6) is 1.36. The third kappa shape index (κ3) is 4.98. The van der Waals surface area contributed by atoms with Crippen LogP contribution in [0.1, 0.15) is 23.0 Å². The number of carbonyl (C=O) groups is 2. The third-order valence-electron chi connectivity index (χ3n) is 5.85. The molecule has 4 aromatic rings. The first-order valence-corrected chi connectivity index (χ1v) is 11.8. The van der Waals surface area contributed by atoms with Crippen molar-refractivity contribution in [3.8, 4) is 17.2 Å². The molecular weight excluding hydrogens is 460 g/mol. The zero-order chi connectivity index (χ0) is 24.9. The van der Waals surface area contributed by atoms with E-state index in [1.807, 2.05) is 61.5 Å². The van der Waals surface area contributed by atoms with Gasteiger partial charge in [0.05, 0.1) is 0 Å². The number of hydrogen-bond donors (Lipinski definition) is 1. The molecule has 1 aromatic heterocycles. The highest BCUT2D eigenvalue weighted by Crippen LogP contribution is 2.33. The minimum absolute atomic E-state index is 0.139. The van der Waals surface area contributed by atoms with Gasteiger partial charge in [0.1, 0.15) is 37.7 Å². The van der Waals surface area contributed by atoms with Crippen LogP contribution in [0.3, 0.4) is 0 Å². The van der Waals surface area contributed by atoms with Crippen LogP contribution >= 0.6 is 0 Å². The summed E-state index contributed by atoms with van der Waals surface area (Å²) < 4.78 is 23.0. The number of hydrogen-bond acceptors (Lipinski definition) is 6. The monoisotopic (exact) mass is 486 g/mol. The minimum atomic E-state index is -0.377. The zero-order valence-electron chi connectivity index (χ0n) is 19.9. The molecule has 0 saturated carbocycles. The quantitative estimate of drug-likeness (QED) is 0.382. The van der Waals surface area contributed by atoms with E-state index in [9.17, 15) is 9.59 Å². The first-order valence-electron chi connectivity index (χ1n) is 11.8. The van der Waals surface area contributed by atoms with E-state index in [0.717, 1.165) is 5.39 Å². The number of nitrogens with one attached hydrogen (secondary N) is 1. The number of anilines is 1. The average molecular weight is 487 g/mol. The largest absolute Gasteiger partial charge is 0.489 e. The van der Waals surface area contributed by atoms with E-state index in [-0.39, 0.29) is 30.7 Å². The summed E-state index contributed by atoms with van der Waals surface area (Å²) in [7, 11) is 0. The molecule has 36 heavy (non-hydrogen) atoms. The second-order valence-electron chi connectivity index (χ2n) is 8.23. The normalized spacial score (nSPS) is 12.2. The number of para-hydroxylation sites is 2. The van der Waals surface area contributed by atoms with E-state index in [2.05, 4.69) is 5.32 Å². The molecule has 0 fully saturated rings. The molecule has 184 valence electrons. The summed E-state index contributed by atoms with van der Waals surface area (Å²) >= 11 is 0. The topological polar surface area (TPSA) is 90.2 Å². The molecule has 0 atom stereocenters. The molecule has 5 rings (SSSR count). The maximum absolute atomic E-state index is 13.5. The Labute approximate surface area is 208 Å². The van der Waals surface area contributed by atoms with E-state index in [1.165, 1.54) is 4.90 Å². The van der Waals surface area contributed by atoms with Gasteiger partial charge in [0.25, 0.3) is 5.91 Å². The molecule has 0 radical (unpaired) electrons. The van der Waals surface area contributed by atoms with E-state index in [1.54, 1.807) is 18.2 Å². The number of amides is 2. The highest BCUT2D eigenvalue weighted by Gasteiger charge is 2.26. The van der Waals surface area contributed by atoms with E-state index in [0.29, 0.717) is 53.8 Å². The standard InChI is InChI=1S/C28H26N2O6/c1-2-30(17-26(31)29-19-12-13-24-25(16-19)34-15-14-33-24)28(32)27-22(18-35-20-8-4-3-5-9-20)21-10-6-7-11-23(21)36-27/h3-13,16H,2,14-15,17-18H2,1H3,(H,29,31). The number of carbonyl (C=O) groups excluding carboxylic acids is 2. The number of furan rings is 1. The van der Waals surface area contributed by atoms with Crippen LogP contribution in [0.5, 0.6) is 17.2 Å². The van der Waals surface area contributed by atoms with Crippen LogP contribution < -0.4 is 19.5 Å². The molecule has 0 unspecified atom stereocenters. The van der Waals surface area contributed by atoms with Gasteiger partial charge < -0.3 is 28.8 Å². The predicted molar refractivity (Wildman–Crippen MR) is 135 cm³/mol. The van der Waals surface area contributed by atoms with Gasteiger partial charge in [-0.2, -0.15) is 0 Å². The number of ether oxygens (including phenoxy) is 3. The van der Waals surface area contributed by atoms with E-state index < -0.39 is 0 Å². The summed E-state index contributed by atoms with van der Waals surface area (Å²) in [5, 5.41) is 3.63. The van der Waals surface area contributed by atoms with Crippen LogP contribution in [0.25, 0.3) is 11.0 Å². The molecule has 3 aromatic carbocycles. The number of nitrogens with zero attached hydrogens (tertiary/aromatic N) is 1. The predicted octanol–water partition coefficient (Wildman–Crippen LogP) is 4.88. The van der Waals surface area contributed by atoms with Crippen molar-refractivity contribution in [2.75, 3.05) is 31.6 Å². The third-order valence-corrected chi connectivity index (χ3v) is 5.85. The average Bonchev–Trinajstić information content (AvgIpc) is 3.29. The van der Waals surface area contributed by atoms with Crippen LogP contribution in [0.2, 0.25) is 0 Å². The summed E-state index contributed by atoms with van der Waals surface area (Å²) in [4.78, 5) is 27.8. The fraction of sp³-hybridized carbons (Fsp3) is 0.214. The fourth-order valence-corrected chi connectivity index (χ4v) is 4.05. The molecular formula is C28H26N2O6. The summed E-state index contributed by atoms with van der Waals surface area (Å²) in [6.07, 6.45) is 0. The lowest BCUT2D eigenvalue weighted by Crippen LogP contribution is -2.38. The van der Waals surface area contributed by atoms with Crippen molar-refractivity contribution < 1.29 is 28.2 Å². The lowest BCUT2D eigenvalue weighted by Gasteiger charge is -2.21. The summed E-state index contributed by atoms with van der Waals surface area (Å²) in [6.45, 7) is 3.10. The molecule has 0 saturated heterocycles. The number of fused-ring (bicyclic) bond motifs is 2. The molecule has 0 bridgehead atoms. The van der Waals surface area contributed by atoms with Crippen molar-refractivity contribution in [2.45, 2.75) is 13.5 Å². The van der Waals surface area contributed by atoms with Crippen LogP contribution in [0, 0.1) is 0 Å². The molecule has 8 heteroatoms. The Morgan fingerprint density at radius 1 is 0.944 bits per heavy atom. The lowest BCUT2D eigenvalue weighted by molar-refractivity contribution is -0.116. The van der Waals surface area contributed by atoms with Crippen molar-refractivity contribution in [1.82, 2.24) is 4.90 Å². The van der Waals surface area contributed by atoms with Crippen LogP contribution in [-0.4, -0.2) is 43.0 Å². The summed E-state index contributed by atoms with van der Waals surface area (Å²) in [6, 6.07) is 22.0. The molecule has 1 N–H and O–H groups in total. The number of rotatable bonds is 8. The Balaban J connectivity index is 1.33. The zero-order valence-corrected chi connectivity index (χ0v) is 19.9. The Hall–Kier alpha value is -4.46. The fourth-order valence-electron chi connectivity index (χ4n) is 4.05. The maximum Gasteiger partial charge on any atom is 0.290 e. The molecule has 0 aliphatic carbocycles. The van der Waals surface area contributed by atoms with Gasteiger partial charge in [-0.25, -0.2) is 0 Å². The van der Waals surface area contributed by atoms with Crippen LogP contribution in [0.15, 0.2) is 77.2 Å². The Morgan fingerprint density at radius 3 is 2.50 bits per heavy atom. The first kappa shape index (κ1) is 23.3. The van der Waals surface area contributed by atoms with Gasteiger partial charge in [-0.15, -0.1) is 0 Å². The molecule has 2 heterocycles. The second kappa shape index (κ2) is 10.4. The smallest absolute Gasteiger partial charge is 0.290 e. The lowest BCUT2D eigenvalue weighted by atomic mass is 10.1. The van der Waals surface area contributed by atoms with Crippen LogP contribution in [0.4, 0.5) is 5.69 Å². The van der Waals surface area contributed by atoms with Crippen molar-refractivity contribution in [3.05, 3.63) is 84.1 Å². The second-order valence-corrected chi connectivity index (χ2v) is 8.23. The molecule has 1 aliphatic rings. The Bertz CT molecular complexity index is 1380. The first-order chi connectivity index (χ1) is 17.6. The van der Waals surface area contributed by atoms with Crippen LogP contribution in [-0.2, 0) is 11.4 Å². The van der Waals surface area contributed by atoms with E-state index in [4.69, 9.17) is 18.6 Å². The van der Waals surface area contributed by atoms with Crippen molar-refractivity contribution >= 4 is 28.5 Å². The van der Waals surface area contributed by atoms with Gasteiger partial charge in [-0.1, -0.05) is 36.4 Å². The molecule has 8 nitrogen and oxygen atoms in total. The Kier molecular flexibility index (Phi) is 6.75. The van der Waals surface area contributed by atoms with E-state index >= 15 is 0 Å². The molecule has 0 spiro atoms. The Morgan fingerprint density at radius 2 is 1.69 bits per heavy atom. The van der Waals surface area contributed by atoms with Gasteiger partial charge >= 0.3 is 0 Å². The van der Waals surface area contributed by atoms with Gasteiger partial charge in [0.2, 0.25) is 5.91 Å².